The largest absolute Gasteiger partial charge is 0.384 e. The average Bonchev–Trinajstić information content (AvgIpc) is 3.01. The molecule has 0 amide bonds. The second-order valence-electron chi connectivity index (χ2n) is 4.86. The Bertz CT molecular complexity index is 635. The minimum absolute atomic E-state index is 0.105. The molecule has 0 unspecified atom stereocenters. The van der Waals surface area contributed by atoms with Crippen molar-refractivity contribution >= 4 is 28.0 Å². The van der Waals surface area contributed by atoms with Crippen LogP contribution in [-0.2, 0) is 0 Å². The van der Waals surface area contributed by atoms with Crippen LogP contribution in [0.25, 0.3) is 0 Å². The summed E-state index contributed by atoms with van der Waals surface area (Å²) in [6, 6.07) is 4.44. The van der Waals surface area contributed by atoms with Crippen LogP contribution in [0.15, 0.2) is 29.8 Å². The molecule has 1 aromatic heterocycles. The number of nitrogens with one attached hydrogen (secondary N) is 1. The molecule has 2 heterocycles. The minimum atomic E-state index is -0.370. The summed E-state index contributed by atoms with van der Waals surface area (Å²) >= 11 is 1.63. The molecule has 7 heteroatoms. The monoisotopic (exact) mass is 305 g/mol. The maximum absolute atomic E-state index is 13.3. The highest BCUT2D eigenvalue weighted by Gasteiger charge is 2.21. The van der Waals surface area contributed by atoms with E-state index in [1.807, 2.05) is 5.38 Å². The highest BCUT2D eigenvalue weighted by atomic mass is 32.1. The van der Waals surface area contributed by atoms with Crippen LogP contribution < -0.4 is 15.5 Å². The summed E-state index contributed by atoms with van der Waals surface area (Å²) in [4.78, 5) is 8.69. The molecule has 3 N–H and O–H groups in total. The number of nitrogens with zero attached hydrogens (tertiary/aromatic N) is 3. The summed E-state index contributed by atoms with van der Waals surface area (Å²) in [7, 11) is 0. The van der Waals surface area contributed by atoms with E-state index in [0.29, 0.717) is 5.56 Å². The second kappa shape index (κ2) is 5.69. The molecule has 1 aliphatic heterocycles. The van der Waals surface area contributed by atoms with Gasteiger partial charge in [0.2, 0.25) is 0 Å². The first-order chi connectivity index (χ1) is 10.1. The molecule has 1 aromatic carbocycles. The summed E-state index contributed by atoms with van der Waals surface area (Å²) in [5.41, 5.74) is 6.84. The van der Waals surface area contributed by atoms with Crippen LogP contribution in [0.4, 0.5) is 15.2 Å². The lowest BCUT2D eigenvalue weighted by molar-refractivity contribution is 0.624. The van der Waals surface area contributed by atoms with Crippen molar-refractivity contribution in [2.45, 2.75) is 0 Å². The zero-order valence-corrected chi connectivity index (χ0v) is 12.2. The summed E-state index contributed by atoms with van der Waals surface area (Å²) in [6.07, 6.45) is 1.81. The molecular formula is C14H16FN5S. The molecule has 0 atom stereocenters. The Labute approximate surface area is 126 Å². The molecule has 3 rings (SSSR count). The molecule has 0 aliphatic carbocycles. The number of anilines is 2. The van der Waals surface area contributed by atoms with Gasteiger partial charge in [-0.25, -0.2) is 9.37 Å². The third-order valence-corrected chi connectivity index (χ3v) is 4.39. The number of thiazole rings is 1. The van der Waals surface area contributed by atoms with Gasteiger partial charge in [-0.15, -0.1) is 11.3 Å². The molecule has 0 spiro atoms. The highest BCUT2D eigenvalue weighted by molar-refractivity contribution is 7.13. The van der Waals surface area contributed by atoms with E-state index in [1.165, 1.54) is 12.1 Å². The molecule has 0 saturated carbocycles. The van der Waals surface area contributed by atoms with Crippen LogP contribution >= 0.6 is 11.3 Å². The van der Waals surface area contributed by atoms with E-state index in [4.69, 9.17) is 11.1 Å². The normalized spacial score (nSPS) is 15.3. The molecule has 110 valence electrons. The van der Waals surface area contributed by atoms with Crippen molar-refractivity contribution in [1.82, 2.24) is 4.98 Å². The van der Waals surface area contributed by atoms with E-state index in [9.17, 15) is 4.39 Å². The number of nitrogen functional groups attached to an aromatic ring is 1. The van der Waals surface area contributed by atoms with Crippen LogP contribution in [-0.4, -0.2) is 37.0 Å². The van der Waals surface area contributed by atoms with E-state index in [2.05, 4.69) is 14.8 Å². The Morgan fingerprint density at radius 3 is 2.57 bits per heavy atom. The van der Waals surface area contributed by atoms with Gasteiger partial charge in [0.05, 0.1) is 0 Å². The van der Waals surface area contributed by atoms with Crippen molar-refractivity contribution in [3.63, 3.8) is 0 Å². The SMILES string of the molecule is N=C(N)c1cc(F)ccc1N1CCN(c2nccs2)CC1. The van der Waals surface area contributed by atoms with Crippen LogP contribution in [0.1, 0.15) is 5.56 Å². The predicted molar refractivity (Wildman–Crippen MR) is 84.0 cm³/mol. The molecule has 1 fully saturated rings. The first kappa shape index (κ1) is 13.8. The lowest BCUT2D eigenvalue weighted by atomic mass is 10.1. The number of halogens is 1. The Balaban J connectivity index is 1.76. The lowest BCUT2D eigenvalue weighted by Crippen LogP contribution is -2.47. The minimum Gasteiger partial charge on any atom is -0.384 e. The van der Waals surface area contributed by atoms with Gasteiger partial charge in [0, 0.05) is 49.0 Å². The number of rotatable bonds is 3. The maximum atomic E-state index is 13.3. The smallest absolute Gasteiger partial charge is 0.185 e. The Morgan fingerprint density at radius 1 is 1.24 bits per heavy atom. The van der Waals surface area contributed by atoms with Crippen LogP contribution in [0.2, 0.25) is 0 Å². The van der Waals surface area contributed by atoms with E-state index in [-0.39, 0.29) is 11.7 Å². The Kier molecular flexibility index (Phi) is 3.74. The van der Waals surface area contributed by atoms with Crippen molar-refractivity contribution in [1.29, 1.82) is 5.41 Å². The van der Waals surface area contributed by atoms with Crippen LogP contribution in [0.3, 0.4) is 0 Å². The average molecular weight is 305 g/mol. The lowest BCUT2D eigenvalue weighted by Gasteiger charge is -2.36. The molecule has 0 radical (unpaired) electrons. The second-order valence-corrected chi connectivity index (χ2v) is 5.74. The molecule has 1 saturated heterocycles. The van der Waals surface area contributed by atoms with Gasteiger partial charge in [-0.2, -0.15) is 0 Å². The third kappa shape index (κ3) is 2.82. The summed E-state index contributed by atoms with van der Waals surface area (Å²) in [6.45, 7) is 3.29. The van der Waals surface area contributed by atoms with Crippen molar-refractivity contribution in [3.8, 4) is 0 Å². The van der Waals surface area contributed by atoms with Gasteiger partial charge in [0.15, 0.2) is 5.13 Å². The number of piperazine rings is 1. The first-order valence-electron chi connectivity index (χ1n) is 6.68. The number of hydrogen-bond donors (Lipinski definition) is 2. The molecular weight excluding hydrogens is 289 g/mol. The first-order valence-corrected chi connectivity index (χ1v) is 7.56. The predicted octanol–water partition coefficient (Wildman–Crippen LogP) is 1.89. The standard InChI is InChI=1S/C14H16FN5S/c15-10-1-2-12(11(9-10)13(16)17)19-4-6-20(7-5-19)14-18-3-8-21-14/h1-3,8-9H,4-7H2,(H3,16,17). The van der Waals surface area contributed by atoms with Gasteiger partial charge in [-0.3, -0.25) is 5.41 Å². The quantitative estimate of drug-likeness (QED) is 0.671. The van der Waals surface area contributed by atoms with Crippen LogP contribution in [0, 0.1) is 11.2 Å². The van der Waals surface area contributed by atoms with E-state index < -0.39 is 0 Å². The highest BCUT2D eigenvalue weighted by Crippen LogP contribution is 2.25. The van der Waals surface area contributed by atoms with Crippen molar-refractivity contribution in [2.75, 3.05) is 36.0 Å². The fraction of sp³-hybridized carbons (Fsp3) is 0.286. The topological polar surface area (TPSA) is 69.2 Å². The van der Waals surface area contributed by atoms with Gasteiger partial charge >= 0.3 is 0 Å². The van der Waals surface area contributed by atoms with Gasteiger partial charge in [-0.05, 0) is 18.2 Å². The molecule has 5 nitrogen and oxygen atoms in total. The van der Waals surface area contributed by atoms with Gasteiger partial charge in [0.1, 0.15) is 11.7 Å². The summed E-state index contributed by atoms with van der Waals surface area (Å²) < 4.78 is 13.3. The number of benzene rings is 1. The maximum Gasteiger partial charge on any atom is 0.185 e. The number of aromatic nitrogens is 1. The van der Waals surface area contributed by atoms with Crippen molar-refractivity contribution < 1.29 is 4.39 Å². The number of nitrogens with two attached hydrogens (primary N) is 1. The zero-order valence-electron chi connectivity index (χ0n) is 11.4. The van der Waals surface area contributed by atoms with Gasteiger partial charge in [-0.1, -0.05) is 0 Å². The van der Waals surface area contributed by atoms with Gasteiger partial charge in [0.25, 0.3) is 0 Å². The van der Waals surface area contributed by atoms with Gasteiger partial charge < -0.3 is 15.5 Å². The fourth-order valence-electron chi connectivity index (χ4n) is 2.51. The Hall–Kier alpha value is -2.15. The fourth-order valence-corrected chi connectivity index (χ4v) is 3.21. The summed E-state index contributed by atoms with van der Waals surface area (Å²) in [5.74, 6) is -0.475. The van der Waals surface area contributed by atoms with Crippen molar-refractivity contribution in [2.24, 2.45) is 5.73 Å². The van der Waals surface area contributed by atoms with E-state index >= 15 is 0 Å². The van der Waals surface area contributed by atoms with Crippen molar-refractivity contribution in [3.05, 3.63) is 41.2 Å². The van der Waals surface area contributed by atoms with Crippen LogP contribution in [0.5, 0.6) is 0 Å². The summed E-state index contributed by atoms with van der Waals surface area (Å²) in [5, 5.41) is 10.6. The number of hydrogen-bond acceptors (Lipinski definition) is 5. The molecule has 2 aromatic rings. The third-order valence-electron chi connectivity index (χ3n) is 3.56. The molecule has 0 bridgehead atoms. The zero-order chi connectivity index (χ0) is 14.8. The molecule has 21 heavy (non-hydrogen) atoms. The Morgan fingerprint density at radius 2 is 1.95 bits per heavy atom. The van der Waals surface area contributed by atoms with E-state index in [1.54, 1.807) is 23.6 Å². The number of amidine groups is 1. The van der Waals surface area contributed by atoms with E-state index in [0.717, 1.165) is 37.0 Å². The molecule has 1 aliphatic rings.